The third-order valence-corrected chi connectivity index (χ3v) is 4.31. The van der Waals surface area contributed by atoms with E-state index in [0.29, 0.717) is 5.69 Å². The maximum Gasteiger partial charge on any atom is 0.354 e. The minimum Gasteiger partial charge on any atom is -0.477 e. The molecule has 0 fully saturated rings. The van der Waals surface area contributed by atoms with Gasteiger partial charge in [0.25, 0.3) is 0 Å². The molecule has 2 radical (unpaired) electrons. The summed E-state index contributed by atoms with van der Waals surface area (Å²) in [5, 5.41) is 8.32. The fraction of sp³-hybridized carbons (Fsp3) is 0. The first-order valence-electron chi connectivity index (χ1n) is 10.3. The van der Waals surface area contributed by atoms with Crippen molar-refractivity contribution in [2.45, 2.75) is 0 Å². The fourth-order valence-corrected chi connectivity index (χ4v) is 2.72. The Hall–Kier alpha value is -3.48. The van der Waals surface area contributed by atoms with E-state index in [1.165, 1.54) is 12.3 Å². The van der Waals surface area contributed by atoms with Gasteiger partial charge in [0.2, 0.25) is 0 Å². The molecule has 192 valence electrons. The molecule has 0 aliphatic rings. The molecule has 0 spiro atoms. The number of carbonyl (C=O) groups is 1. The topological polar surface area (TPSA) is 76.0 Å². The number of halogens is 2. The standard InChI is InChI=1S/C11H6F2N.C11H8N.C6H5NO2.2Ir/c12-8-4-5-9(10(13)7-8)11-3-1-2-6-14-11;1-2-6-10(7-3-1)11-8-4-5-9-12-11;8-6(9)5-3-1-2-4-7-5;;/h1-4,6-7H;1-6,8-9H;1-4H,(H,8,9);;/q2*-1;;;. The summed E-state index contributed by atoms with van der Waals surface area (Å²) in [4.78, 5) is 21.9. The van der Waals surface area contributed by atoms with Crippen LogP contribution in [0.4, 0.5) is 8.78 Å². The zero-order valence-corrected chi connectivity index (χ0v) is 23.8. The SMILES string of the molecule is Fc1c[c-]c(-c2ccccn2)c(F)c1.O=C(O)c1ccccn1.[Ir].[Ir].[c-]1ccccc1-c1ccccn1. The van der Waals surface area contributed by atoms with E-state index in [4.69, 9.17) is 5.11 Å². The van der Waals surface area contributed by atoms with Crippen LogP contribution >= 0.6 is 0 Å². The van der Waals surface area contributed by atoms with Crippen molar-refractivity contribution in [3.63, 3.8) is 0 Å². The van der Waals surface area contributed by atoms with E-state index >= 15 is 0 Å². The van der Waals surface area contributed by atoms with Gasteiger partial charge in [-0.1, -0.05) is 42.0 Å². The quantitative estimate of drug-likeness (QED) is 0.221. The van der Waals surface area contributed by atoms with Crippen molar-refractivity contribution < 1.29 is 58.9 Å². The molecule has 0 atom stereocenters. The number of rotatable bonds is 3. The predicted octanol–water partition coefficient (Wildman–Crippen LogP) is 6.15. The second-order valence-electron chi connectivity index (χ2n) is 6.77. The third kappa shape index (κ3) is 10.6. The summed E-state index contributed by atoms with van der Waals surface area (Å²) in [6, 6.07) is 31.1. The van der Waals surface area contributed by atoms with E-state index in [1.54, 1.807) is 42.7 Å². The van der Waals surface area contributed by atoms with Crippen molar-refractivity contribution in [2.24, 2.45) is 0 Å². The Morgan fingerprint density at radius 3 is 1.78 bits per heavy atom. The van der Waals surface area contributed by atoms with Crippen LogP contribution in [0.25, 0.3) is 22.5 Å². The van der Waals surface area contributed by atoms with Crippen LogP contribution in [0.15, 0.2) is 110 Å². The third-order valence-electron chi connectivity index (χ3n) is 4.31. The Kier molecular flexibility index (Phi) is 14.5. The van der Waals surface area contributed by atoms with Crippen molar-refractivity contribution in [2.75, 3.05) is 0 Å². The average Bonchev–Trinajstić information content (AvgIpc) is 2.91. The van der Waals surface area contributed by atoms with Gasteiger partial charge in [-0.05, 0) is 35.7 Å². The molecule has 3 aromatic heterocycles. The number of aromatic carboxylic acids is 1. The summed E-state index contributed by atoms with van der Waals surface area (Å²) >= 11 is 0. The maximum atomic E-state index is 13.2. The molecule has 0 saturated heterocycles. The molecule has 0 bridgehead atoms. The molecule has 5 nitrogen and oxygen atoms in total. The van der Waals surface area contributed by atoms with Crippen molar-refractivity contribution >= 4 is 5.97 Å². The van der Waals surface area contributed by atoms with Crippen LogP contribution in [-0.2, 0) is 40.2 Å². The number of carboxylic acids is 1. The Balaban J connectivity index is 0.000000276. The van der Waals surface area contributed by atoms with Gasteiger partial charge < -0.3 is 15.1 Å². The largest absolute Gasteiger partial charge is 0.477 e. The Morgan fingerprint density at radius 2 is 1.32 bits per heavy atom. The van der Waals surface area contributed by atoms with Gasteiger partial charge >= 0.3 is 5.97 Å². The summed E-state index contributed by atoms with van der Waals surface area (Å²) in [5.41, 5.74) is 2.73. The molecule has 0 saturated carbocycles. The van der Waals surface area contributed by atoms with Crippen LogP contribution in [-0.4, -0.2) is 26.0 Å². The van der Waals surface area contributed by atoms with Gasteiger partial charge in [0, 0.05) is 70.4 Å². The molecule has 5 rings (SSSR count). The van der Waals surface area contributed by atoms with Crippen LogP contribution in [0.3, 0.4) is 0 Å². The first-order chi connectivity index (χ1) is 17.0. The number of pyridine rings is 3. The van der Waals surface area contributed by atoms with E-state index in [2.05, 4.69) is 27.1 Å². The average molecular weight is 852 g/mol. The smallest absolute Gasteiger partial charge is 0.354 e. The first kappa shape index (κ1) is 31.5. The molecule has 1 N–H and O–H groups in total. The second-order valence-corrected chi connectivity index (χ2v) is 6.77. The summed E-state index contributed by atoms with van der Waals surface area (Å²) in [6.45, 7) is 0. The zero-order valence-electron chi connectivity index (χ0n) is 19.0. The van der Waals surface area contributed by atoms with Crippen molar-refractivity contribution in [1.82, 2.24) is 15.0 Å². The van der Waals surface area contributed by atoms with Crippen molar-refractivity contribution in [1.29, 1.82) is 0 Å². The molecular formula is C28H19F2Ir2N3O2-2. The Morgan fingerprint density at radius 1 is 0.730 bits per heavy atom. The molecule has 0 aliphatic heterocycles. The van der Waals surface area contributed by atoms with Gasteiger partial charge in [-0.3, -0.25) is 8.78 Å². The molecule has 3 heterocycles. The molecule has 2 aromatic carbocycles. The molecule has 0 unspecified atom stereocenters. The van der Waals surface area contributed by atoms with Crippen LogP contribution in [0.2, 0.25) is 0 Å². The van der Waals surface area contributed by atoms with Gasteiger partial charge in [0.05, 0.1) is 0 Å². The van der Waals surface area contributed by atoms with Crippen molar-refractivity contribution in [3.8, 4) is 22.5 Å². The van der Waals surface area contributed by atoms with Crippen LogP contribution < -0.4 is 0 Å². The molecular weight excluding hydrogens is 833 g/mol. The van der Waals surface area contributed by atoms with Crippen LogP contribution in [0.1, 0.15) is 10.5 Å². The predicted molar refractivity (Wildman–Crippen MR) is 128 cm³/mol. The van der Waals surface area contributed by atoms with E-state index in [0.717, 1.165) is 23.4 Å². The normalized spacial score (nSPS) is 9.14. The molecule has 0 aliphatic carbocycles. The fourth-order valence-electron chi connectivity index (χ4n) is 2.72. The number of benzene rings is 2. The van der Waals surface area contributed by atoms with Crippen LogP contribution in [0, 0.1) is 23.8 Å². The number of carboxylic acid groups (broad SMARTS) is 1. The number of aromatic nitrogens is 3. The summed E-state index contributed by atoms with van der Waals surface area (Å²) < 4.78 is 25.8. The van der Waals surface area contributed by atoms with Gasteiger partial charge in [-0.15, -0.1) is 48.0 Å². The van der Waals surface area contributed by atoms with E-state index in [-0.39, 0.29) is 51.5 Å². The van der Waals surface area contributed by atoms with E-state index < -0.39 is 17.6 Å². The van der Waals surface area contributed by atoms with E-state index in [9.17, 15) is 13.6 Å². The zero-order chi connectivity index (χ0) is 24.9. The monoisotopic (exact) mass is 853 g/mol. The minimum atomic E-state index is -0.990. The Bertz CT molecular complexity index is 1300. The number of nitrogens with zero attached hydrogens (tertiary/aromatic N) is 3. The van der Waals surface area contributed by atoms with Gasteiger partial charge in [-0.25, -0.2) is 9.78 Å². The van der Waals surface area contributed by atoms with Crippen LogP contribution in [0.5, 0.6) is 0 Å². The second kappa shape index (κ2) is 17.1. The minimum absolute atomic E-state index is 0. The summed E-state index contributed by atoms with van der Waals surface area (Å²) in [7, 11) is 0. The Labute approximate surface area is 240 Å². The van der Waals surface area contributed by atoms with Gasteiger partial charge in [-0.2, -0.15) is 0 Å². The van der Waals surface area contributed by atoms with Crippen molar-refractivity contribution in [3.05, 3.63) is 139 Å². The summed E-state index contributed by atoms with van der Waals surface area (Å²) in [5.74, 6) is -2.28. The summed E-state index contributed by atoms with van der Waals surface area (Å²) in [6.07, 6.45) is 4.78. The molecule has 9 heteroatoms. The maximum absolute atomic E-state index is 13.2. The van der Waals surface area contributed by atoms with Gasteiger partial charge in [0.15, 0.2) is 0 Å². The van der Waals surface area contributed by atoms with Gasteiger partial charge in [0.1, 0.15) is 5.69 Å². The number of hydrogen-bond acceptors (Lipinski definition) is 4. The number of hydrogen-bond donors (Lipinski definition) is 1. The first-order valence-corrected chi connectivity index (χ1v) is 10.3. The van der Waals surface area contributed by atoms with E-state index in [1.807, 2.05) is 42.5 Å². The molecule has 37 heavy (non-hydrogen) atoms. The molecule has 0 amide bonds. The molecule has 5 aromatic rings.